The molecule has 1 rings (SSSR count). The van der Waals surface area contributed by atoms with Crippen molar-refractivity contribution >= 4 is 23.6 Å². The van der Waals surface area contributed by atoms with E-state index >= 15 is 0 Å². The van der Waals surface area contributed by atoms with Gasteiger partial charge in [0.15, 0.2) is 0 Å². The molecule has 112 valence electrons. The van der Waals surface area contributed by atoms with E-state index in [-0.39, 0.29) is 5.41 Å². The van der Waals surface area contributed by atoms with Crippen molar-refractivity contribution in [2.75, 3.05) is 5.32 Å². The summed E-state index contributed by atoms with van der Waals surface area (Å²) in [6, 6.07) is 6.53. The van der Waals surface area contributed by atoms with Crippen LogP contribution in [0.2, 0.25) is 0 Å². The van der Waals surface area contributed by atoms with Gasteiger partial charge in [-0.2, -0.15) is 0 Å². The Morgan fingerprint density at radius 3 is 2.10 bits per heavy atom. The van der Waals surface area contributed by atoms with E-state index in [2.05, 4.69) is 26.1 Å². The van der Waals surface area contributed by atoms with Crippen LogP contribution in [0.25, 0.3) is 0 Å². The Kier molecular flexibility index (Phi) is 5.24. The third-order valence-corrected chi connectivity index (χ3v) is 2.62. The maximum Gasteiger partial charge on any atom is 0.328 e. The first kappa shape index (κ1) is 16.4. The highest BCUT2D eigenvalue weighted by Crippen LogP contribution is 2.23. The molecule has 0 saturated heterocycles. The summed E-state index contributed by atoms with van der Waals surface area (Å²) in [7, 11) is 0. The maximum atomic E-state index is 11.5. The first-order valence-corrected chi connectivity index (χ1v) is 6.32. The number of carbonyl (C=O) groups is 3. The molecule has 0 aliphatic heterocycles. The normalized spacial score (nSPS) is 11.2. The van der Waals surface area contributed by atoms with Gasteiger partial charge in [-0.05, 0) is 23.1 Å². The summed E-state index contributed by atoms with van der Waals surface area (Å²) in [4.78, 5) is 33.0. The van der Waals surface area contributed by atoms with Gasteiger partial charge in [-0.1, -0.05) is 32.9 Å². The van der Waals surface area contributed by atoms with Crippen LogP contribution >= 0.6 is 0 Å². The van der Waals surface area contributed by atoms with Crippen LogP contribution in [0.15, 0.2) is 36.4 Å². The van der Waals surface area contributed by atoms with Crippen molar-refractivity contribution in [3.63, 3.8) is 0 Å². The minimum atomic E-state index is -1.26. The Morgan fingerprint density at radius 1 is 1.05 bits per heavy atom. The third kappa shape index (κ3) is 5.90. The van der Waals surface area contributed by atoms with E-state index in [9.17, 15) is 14.4 Å². The highest BCUT2D eigenvalue weighted by Gasteiger charge is 2.13. The molecule has 0 atom stereocenters. The van der Waals surface area contributed by atoms with Crippen LogP contribution in [-0.2, 0) is 15.0 Å². The first-order chi connectivity index (χ1) is 9.68. The molecule has 21 heavy (non-hydrogen) atoms. The van der Waals surface area contributed by atoms with Gasteiger partial charge >= 0.3 is 12.0 Å². The molecule has 0 aliphatic carbocycles. The molecule has 0 heterocycles. The molecule has 0 aliphatic rings. The molecule has 6 heteroatoms. The number of aliphatic carboxylic acids is 1. The van der Waals surface area contributed by atoms with Crippen molar-refractivity contribution in [3.8, 4) is 0 Å². The Balaban J connectivity index is 2.59. The molecule has 0 unspecified atom stereocenters. The van der Waals surface area contributed by atoms with Gasteiger partial charge in [0, 0.05) is 17.8 Å². The highest BCUT2D eigenvalue weighted by atomic mass is 16.4. The molecule has 0 fully saturated rings. The predicted octanol–water partition coefficient (Wildman–Crippen LogP) is 2.27. The monoisotopic (exact) mass is 290 g/mol. The molecule has 1 aromatic rings. The molecular weight excluding hydrogens is 272 g/mol. The summed E-state index contributed by atoms with van der Waals surface area (Å²) >= 11 is 0. The van der Waals surface area contributed by atoms with Crippen LogP contribution < -0.4 is 10.6 Å². The van der Waals surface area contributed by atoms with Crippen molar-refractivity contribution in [1.29, 1.82) is 0 Å². The van der Waals surface area contributed by atoms with Crippen molar-refractivity contribution in [2.45, 2.75) is 26.2 Å². The number of hydrogen-bond acceptors (Lipinski definition) is 3. The Hall–Kier alpha value is -2.63. The van der Waals surface area contributed by atoms with E-state index in [0.29, 0.717) is 11.8 Å². The number of amides is 3. The second-order valence-electron chi connectivity index (χ2n) is 5.44. The fraction of sp³-hybridized carbons (Fsp3) is 0.267. The van der Waals surface area contributed by atoms with Crippen molar-refractivity contribution in [3.05, 3.63) is 42.0 Å². The van der Waals surface area contributed by atoms with Crippen LogP contribution in [-0.4, -0.2) is 23.0 Å². The third-order valence-electron chi connectivity index (χ3n) is 2.62. The van der Waals surface area contributed by atoms with Gasteiger partial charge in [-0.15, -0.1) is 0 Å². The number of anilines is 1. The smallest absolute Gasteiger partial charge is 0.328 e. The van der Waals surface area contributed by atoms with E-state index in [4.69, 9.17) is 5.11 Å². The summed E-state index contributed by atoms with van der Waals surface area (Å²) < 4.78 is 0. The highest BCUT2D eigenvalue weighted by molar-refractivity contribution is 6.06. The molecule has 1 aromatic carbocycles. The van der Waals surface area contributed by atoms with Crippen molar-refractivity contribution < 1.29 is 19.5 Å². The zero-order valence-electron chi connectivity index (χ0n) is 12.1. The summed E-state index contributed by atoms with van der Waals surface area (Å²) in [6.45, 7) is 6.24. The SMILES string of the molecule is CC(C)(C)c1ccc(NC(=O)NC(=O)/C=C/C(=O)O)cc1. The lowest BCUT2D eigenvalue weighted by Gasteiger charge is -2.19. The zero-order chi connectivity index (χ0) is 16.0. The number of rotatable bonds is 3. The molecule has 0 bridgehead atoms. The van der Waals surface area contributed by atoms with Crippen LogP contribution in [0.3, 0.4) is 0 Å². The molecule has 0 aromatic heterocycles. The second kappa shape index (κ2) is 6.69. The second-order valence-corrected chi connectivity index (χ2v) is 5.44. The molecule has 0 saturated carbocycles. The number of nitrogens with one attached hydrogen (secondary N) is 2. The molecular formula is C15H18N2O4. The minimum Gasteiger partial charge on any atom is -0.478 e. The van der Waals surface area contributed by atoms with Gasteiger partial charge in [0.1, 0.15) is 0 Å². The molecule has 3 N–H and O–H groups in total. The van der Waals surface area contributed by atoms with Crippen LogP contribution in [0.1, 0.15) is 26.3 Å². The minimum absolute atomic E-state index is 0.0123. The number of carboxylic acid groups (broad SMARTS) is 1. The zero-order valence-corrected chi connectivity index (χ0v) is 12.1. The quantitative estimate of drug-likeness (QED) is 0.744. The van der Waals surface area contributed by atoms with Gasteiger partial charge < -0.3 is 10.4 Å². The average Bonchev–Trinajstić information content (AvgIpc) is 2.35. The lowest BCUT2D eigenvalue weighted by atomic mass is 9.87. The summed E-state index contributed by atoms with van der Waals surface area (Å²) in [5, 5.41) is 12.8. The van der Waals surface area contributed by atoms with Gasteiger partial charge in [0.05, 0.1) is 0 Å². The molecule has 6 nitrogen and oxygen atoms in total. The van der Waals surface area contributed by atoms with E-state index in [1.54, 1.807) is 12.1 Å². The average molecular weight is 290 g/mol. The topological polar surface area (TPSA) is 95.5 Å². The first-order valence-electron chi connectivity index (χ1n) is 6.32. The fourth-order valence-electron chi connectivity index (χ4n) is 1.52. The van der Waals surface area contributed by atoms with Gasteiger partial charge in [0.2, 0.25) is 0 Å². The van der Waals surface area contributed by atoms with E-state index < -0.39 is 17.9 Å². The molecule has 0 spiro atoms. The van der Waals surface area contributed by atoms with Gasteiger partial charge in [-0.25, -0.2) is 9.59 Å². The lowest BCUT2D eigenvalue weighted by Crippen LogP contribution is -2.33. The molecule has 3 amide bonds. The van der Waals surface area contributed by atoms with Crippen molar-refractivity contribution in [1.82, 2.24) is 5.32 Å². The number of hydrogen-bond donors (Lipinski definition) is 3. The summed E-state index contributed by atoms with van der Waals surface area (Å²) in [5.41, 5.74) is 1.67. The number of imide groups is 1. The maximum absolute atomic E-state index is 11.5. The van der Waals surface area contributed by atoms with Crippen LogP contribution in [0.4, 0.5) is 10.5 Å². The van der Waals surface area contributed by atoms with Crippen LogP contribution in [0, 0.1) is 0 Å². The van der Waals surface area contributed by atoms with Crippen LogP contribution in [0.5, 0.6) is 0 Å². The van der Waals surface area contributed by atoms with E-state index in [1.807, 2.05) is 17.4 Å². The largest absolute Gasteiger partial charge is 0.478 e. The van der Waals surface area contributed by atoms with Crippen molar-refractivity contribution in [2.24, 2.45) is 0 Å². The summed E-state index contributed by atoms with van der Waals surface area (Å²) in [5.74, 6) is -2.07. The number of carboxylic acids is 1. The Bertz CT molecular complexity index is 568. The van der Waals surface area contributed by atoms with Gasteiger partial charge in [0.25, 0.3) is 5.91 Å². The predicted molar refractivity (Wildman–Crippen MR) is 79.1 cm³/mol. The van der Waals surface area contributed by atoms with Gasteiger partial charge in [-0.3, -0.25) is 10.1 Å². The molecule has 0 radical (unpaired) electrons. The standard InChI is InChI=1S/C15H18N2O4/c1-15(2,3)10-4-6-11(7-5-10)16-14(21)17-12(18)8-9-13(19)20/h4-9H,1-3H3,(H,19,20)(H2,16,17,18,21)/b9-8+. The van der Waals surface area contributed by atoms with E-state index in [0.717, 1.165) is 11.6 Å². The Morgan fingerprint density at radius 2 is 1.62 bits per heavy atom. The van der Waals surface area contributed by atoms with E-state index in [1.165, 1.54) is 0 Å². The summed E-state index contributed by atoms with van der Waals surface area (Å²) in [6.07, 6.45) is 1.42. The number of benzene rings is 1. The number of urea groups is 1. The fourth-order valence-corrected chi connectivity index (χ4v) is 1.52. The number of carbonyl (C=O) groups excluding carboxylic acids is 2. The lowest BCUT2D eigenvalue weighted by molar-refractivity contribution is -0.131. The Labute approximate surface area is 122 Å².